The van der Waals surface area contributed by atoms with Crippen molar-refractivity contribution in [2.24, 2.45) is 0 Å². The molecule has 5 heteroatoms. The second-order valence-corrected chi connectivity index (χ2v) is 13.5. The van der Waals surface area contributed by atoms with E-state index in [0.717, 1.165) is 57.8 Å². The van der Waals surface area contributed by atoms with Crippen LogP contribution >= 0.6 is 0 Å². The number of allylic oxidation sites excluding steroid dienone is 7. The summed E-state index contributed by atoms with van der Waals surface area (Å²) in [6.45, 7) is 4.14. The number of rotatable bonds is 35. The Bertz CT molecular complexity index is 775. The van der Waals surface area contributed by atoms with Gasteiger partial charge in [-0.3, -0.25) is 4.79 Å². The van der Waals surface area contributed by atoms with E-state index in [-0.39, 0.29) is 18.9 Å². The number of nitrogens with one attached hydrogen (secondary N) is 1. The molecule has 3 atom stereocenters. The van der Waals surface area contributed by atoms with Crippen molar-refractivity contribution < 1.29 is 20.1 Å². The lowest BCUT2D eigenvalue weighted by molar-refractivity contribution is -0.124. The van der Waals surface area contributed by atoms with Crippen molar-refractivity contribution in [1.29, 1.82) is 0 Å². The van der Waals surface area contributed by atoms with Gasteiger partial charge in [-0.1, -0.05) is 159 Å². The summed E-state index contributed by atoms with van der Waals surface area (Å²) < 4.78 is 0. The van der Waals surface area contributed by atoms with Crippen LogP contribution in [0.25, 0.3) is 0 Å². The highest BCUT2D eigenvalue weighted by molar-refractivity contribution is 5.76. The van der Waals surface area contributed by atoms with Crippen molar-refractivity contribution in [3.05, 3.63) is 48.6 Å². The van der Waals surface area contributed by atoms with Gasteiger partial charge in [-0.05, 0) is 70.6 Å². The van der Waals surface area contributed by atoms with Crippen LogP contribution in [-0.2, 0) is 4.79 Å². The van der Waals surface area contributed by atoms with Gasteiger partial charge in [-0.15, -0.1) is 0 Å². The lowest BCUT2D eigenvalue weighted by Crippen LogP contribution is -2.45. The highest BCUT2D eigenvalue weighted by Gasteiger charge is 2.20. The fourth-order valence-electron chi connectivity index (χ4n) is 5.72. The predicted molar refractivity (Wildman–Crippen MR) is 204 cm³/mol. The Morgan fingerprint density at radius 1 is 0.532 bits per heavy atom. The first-order chi connectivity index (χ1) is 23.0. The lowest BCUT2D eigenvalue weighted by atomic mass is 10.0. The van der Waals surface area contributed by atoms with E-state index in [1.54, 1.807) is 6.08 Å². The van der Waals surface area contributed by atoms with Crippen LogP contribution in [-0.4, -0.2) is 46.1 Å². The van der Waals surface area contributed by atoms with E-state index in [1.165, 1.54) is 103 Å². The van der Waals surface area contributed by atoms with Crippen LogP contribution in [0.15, 0.2) is 48.6 Å². The molecule has 47 heavy (non-hydrogen) atoms. The average molecular weight is 660 g/mol. The standard InChI is InChI=1S/C42H77NO4/c1-3-5-7-9-11-13-15-16-17-18-19-20-21-22-23-24-25-26-28-30-32-34-36-41(46)40(38-44)43-42(47)37-39(45)35-33-31-29-27-14-12-10-8-6-4-2/h12,14,22-23,26,28,34,36,39-41,44-46H,3-11,13,15-21,24-25,27,29-33,35,37-38H2,1-2H3,(H,43,47)/b14-12-,23-22+,28-26+,36-34+. The molecule has 0 fully saturated rings. The first-order valence-electron chi connectivity index (χ1n) is 19.9. The third-order valence-electron chi connectivity index (χ3n) is 8.82. The molecule has 0 aromatic heterocycles. The van der Waals surface area contributed by atoms with Crippen molar-refractivity contribution in [2.45, 2.75) is 205 Å². The molecule has 5 nitrogen and oxygen atoms in total. The summed E-state index contributed by atoms with van der Waals surface area (Å²) in [4.78, 5) is 12.3. The first kappa shape index (κ1) is 45.3. The highest BCUT2D eigenvalue weighted by Crippen LogP contribution is 2.13. The Labute approximate surface area is 291 Å². The molecule has 3 unspecified atom stereocenters. The zero-order valence-corrected chi connectivity index (χ0v) is 30.9. The quantitative estimate of drug-likeness (QED) is 0.0402. The van der Waals surface area contributed by atoms with E-state index in [2.05, 4.69) is 55.6 Å². The number of aliphatic hydroxyl groups is 3. The smallest absolute Gasteiger partial charge is 0.222 e. The molecule has 0 rings (SSSR count). The van der Waals surface area contributed by atoms with Gasteiger partial charge in [-0.25, -0.2) is 0 Å². The van der Waals surface area contributed by atoms with Gasteiger partial charge in [0.2, 0.25) is 5.91 Å². The summed E-state index contributed by atoms with van der Waals surface area (Å²) in [5.74, 6) is -0.343. The average Bonchev–Trinajstić information content (AvgIpc) is 3.06. The van der Waals surface area contributed by atoms with Gasteiger partial charge >= 0.3 is 0 Å². The van der Waals surface area contributed by atoms with Gasteiger partial charge in [0.05, 0.1) is 31.3 Å². The molecule has 0 aliphatic carbocycles. The number of carbonyl (C=O) groups excluding carboxylic acids is 1. The van der Waals surface area contributed by atoms with Crippen molar-refractivity contribution in [3.8, 4) is 0 Å². The third kappa shape index (κ3) is 34.0. The zero-order valence-electron chi connectivity index (χ0n) is 30.9. The molecule has 274 valence electrons. The maximum atomic E-state index is 12.3. The van der Waals surface area contributed by atoms with Crippen LogP contribution in [0.5, 0.6) is 0 Å². The van der Waals surface area contributed by atoms with E-state index < -0.39 is 18.2 Å². The number of carbonyl (C=O) groups is 1. The molecule has 0 aromatic rings. The van der Waals surface area contributed by atoms with Gasteiger partial charge in [0.1, 0.15) is 0 Å². The van der Waals surface area contributed by atoms with Gasteiger partial charge in [0, 0.05) is 0 Å². The molecule has 0 aliphatic rings. The van der Waals surface area contributed by atoms with E-state index in [0.29, 0.717) is 6.42 Å². The predicted octanol–water partition coefficient (Wildman–Crippen LogP) is 11.0. The molecule has 0 bridgehead atoms. The number of hydrogen-bond donors (Lipinski definition) is 4. The minimum atomic E-state index is -0.963. The summed E-state index contributed by atoms with van der Waals surface area (Å²) in [6.07, 6.45) is 46.8. The Hall–Kier alpha value is -1.69. The Balaban J connectivity index is 3.78. The van der Waals surface area contributed by atoms with E-state index in [1.807, 2.05) is 6.08 Å². The van der Waals surface area contributed by atoms with Gasteiger partial charge in [0.15, 0.2) is 0 Å². The molecule has 0 saturated heterocycles. The van der Waals surface area contributed by atoms with E-state index >= 15 is 0 Å². The van der Waals surface area contributed by atoms with Crippen LogP contribution in [0.3, 0.4) is 0 Å². The molecule has 0 heterocycles. The minimum absolute atomic E-state index is 0.0103. The second kappa shape index (κ2) is 37.1. The molecule has 0 aliphatic heterocycles. The summed E-state index contributed by atoms with van der Waals surface area (Å²) in [6, 6.07) is -0.771. The van der Waals surface area contributed by atoms with Gasteiger partial charge in [0.25, 0.3) is 0 Å². The van der Waals surface area contributed by atoms with Crippen molar-refractivity contribution in [2.75, 3.05) is 6.61 Å². The van der Waals surface area contributed by atoms with Crippen LogP contribution in [0.1, 0.15) is 187 Å². The Morgan fingerprint density at radius 3 is 1.40 bits per heavy atom. The second-order valence-electron chi connectivity index (χ2n) is 13.5. The first-order valence-corrected chi connectivity index (χ1v) is 19.9. The topological polar surface area (TPSA) is 89.8 Å². The summed E-state index contributed by atoms with van der Waals surface area (Å²) in [5.41, 5.74) is 0. The molecule has 0 radical (unpaired) electrons. The number of unbranched alkanes of at least 4 members (excludes halogenated alkanes) is 20. The molecule has 4 N–H and O–H groups in total. The largest absolute Gasteiger partial charge is 0.394 e. The molecular weight excluding hydrogens is 582 g/mol. The maximum Gasteiger partial charge on any atom is 0.222 e. The normalized spacial score (nSPS) is 14.2. The van der Waals surface area contributed by atoms with E-state index in [9.17, 15) is 20.1 Å². The highest BCUT2D eigenvalue weighted by atomic mass is 16.3. The summed E-state index contributed by atoms with van der Waals surface area (Å²) in [7, 11) is 0. The molecule has 0 saturated carbocycles. The monoisotopic (exact) mass is 660 g/mol. The maximum absolute atomic E-state index is 12.3. The summed E-state index contributed by atoms with van der Waals surface area (Å²) >= 11 is 0. The fourth-order valence-corrected chi connectivity index (χ4v) is 5.72. The van der Waals surface area contributed by atoms with Crippen LogP contribution in [0, 0.1) is 0 Å². The molecular formula is C42H77NO4. The van der Waals surface area contributed by atoms with Crippen molar-refractivity contribution in [3.63, 3.8) is 0 Å². The molecule has 0 spiro atoms. The van der Waals surface area contributed by atoms with Gasteiger partial charge < -0.3 is 20.6 Å². The SMILES string of the molecule is CCCCC/C=C\CCCCCC(O)CC(=O)NC(CO)C(O)/C=C/CC/C=C/CC/C=C/CCCCCCCCCCCCCC. The van der Waals surface area contributed by atoms with Crippen molar-refractivity contribution in [1.82, 2.24) is 5.32 Å². The minimum Gasteiger partial charge on any atom is -0.394 e. The van der Waals surface area contributed by atoms with E-state index in [4.69, 9.17) is 0 Å². The van der Waals surface area contributed by atoms with Crippen molar-refractivity contribution >= 4 is 5.91 Å². The summed E-state index contributed by atoms with van der Waals surface area (Å²) in [5, 5.41) is 33.0. The fraction of sp³-hybridized carbons (Fsp3) is 0.786. The lowest BCUT2D eigenvalue weighted by Gasteiger charge is -2.20. The molecule has 1 amide bonds. The van der Waals surface area contributed by atoms with Crippen LogP contribution < -0.4 is 5.32 Å². The molecule has 0 aromatic carbocycles. The van der Waals surface area contributed by atoms with Crippen LogP contribution in [0.4, 0.5) is 0 Å². The Morgan fingerprint density at radius 2 is 0.915 bits per heavy atom. The Kier molecular flexibility index (Phi) is 35.8. The third-order valence-corrected chi connectivity index (χ3v) is 8.82. The number of hydrogen-bond acceptors (Lipinski definition) is 4. The zero-order chi connectivity index (χ0) is 34.5. The number of aliphatic hydroxyl groups excluding tert-OH is 3. The van der Waals surface area contributed by atoms with Gasteiger partial charge in [-0.2, -0.15) is 0 Å². The van der Waals surface area contributed by atoms with Crippen LogP contribution in [0.2, 0.25) is 0 Å². The number of amides is 1.